The van der Waals surface area contributed by atoms with Gasteiger partial charge in [-0.05, 0) is 12.1 Å². The zero-order valence-corrected chi connectivity index (χ0v) is 13.8. The van der Waals surface area contributed by atoms with Crippen molar-refractivity contribution in [2.24, 2.45) is 0 Å². The predicted molar refractivity (Wildman–Crippen MR) is 76.2 cm³/mol. The summed E-state index contributed by atoms with van der Waals surface area (Å²) in [6.07, 6.45) is -4.58. The van der Waals surface area contributed by atoms with Crippen molar-refractivity contribution in [3.63, 3.8) is 0 Å². The molecule has 0 aliphatic carbocycles. The number of halogens is 8. The first-order valence-electron chi connectivity index (χ1n) is 6.48. The molecule has 2 aromatic carbocycles. The Morgan fingerprint density at radius 1 is 0.792 bits per heavy atom. The highest BCUT2D eigenvalue weighted by Gasteiger charge is 2.41. The standard InChI is InChI=1S/C13H4BrF7O.C2H6/c14-5-1-7(15)11(8(16)2-5)13(20,21)22-6-3-9(17)12(19)10(18)4-6;1-2/h1-4H;1-2H3. The van der Waals surface area contributed by atoms with Gasteiger partial charge in [0.05, 0.1) is 0 Å². The van der Waals surface area contributed by atoms with Crippen molar-refractivity contribution in [1.29, 1.82) is 0 Å². The Kier molecular flexibility index (Phi) is 6.65. The van der Waals surface area contributed by atoms with E-state index in [1.165, 1.54) is 0 Å². The highest BCUT2D eigenvalue weighted by Crippen LogP contribution is 2.36. The van der Waals surface area contributed by atoms with Crippen LogP contribution in [0.3, 0.4) is 0 Å². The van der Waals surface area contributed by atoms with Crippen LogP contribution in [0.4, 0.5) is 30.7 Å². The molecule has 2 aromatic rings. The van der Waals surface area contributed by atoms with Crippen LogP contribution in [0.1, 0.15) is 19.4 Å². The molecular weight excluding hydrogens is 409 g/mol. The quantitative estimate of drug-likeness (QED) is 0.419. The molecule has 0 aliphatic heterocycles. The van der Waals surface area contributed by atoms with Crippen LogP contribution in [0.5, 0.6) is 5.75 Å². The van der Waals surface area contributed by atoms with E-state index in [0.717, 1.165) is 0 Å². The molecule has 0 bridgehead atoms. The minimum atomic E-state index is -4.58. The minimum Gasteiger partial charge on any atom is -0.429 e. The van der Waals surface area contributed by atoms with Gasteiger partial charge in [-0.2, -0.15) is 8.78 Å². The molecule has 9 heteroatoms. The summed E-state index contributed by atoms with van der Waals surface area (Å²) < 4.78 is 97.0. The summed E-state index contributed by atoms with van der Waals surface area (Å²) in [6.45, 7) is 4.00. The van der Waals surface area contributed by atoms with Gasteiger partial charge in [-0.3, -0.25) is 0 Å². The van der Waals surface area contributed by atoms with Crippen LogP contribution in [0.15, 0.2) is 28.7 Å². The third kappa shape index (κ3) is 4.40. The van der Waals surface area contributed by atoms with Crippen molar-refractivity contribution in [2.75, 3.05) is 0 Å². The average molecular weight is 419 g/mol. The molecule has 0 amide bonds. The molecule has 0 spiro atoms. The van der Waals surface area contributed by atoms with Gasteiger partial charge < -0.3 is 4.74 Å². The van der Waals surface area contributed by atoms with Crippen LogP contribution in [0, 0.1) is 29.1 Å². The van der Waals surface area contributed by atoms with E-state index in [0.29, 0.717) is 12.1 Å². The molecule has 0 aliphatic rings. The molecule has 0 N–H and O–H groups in total. The minimum absolute atomic E-state index is 0.126. The Labute approximate surface area is 141 Å². The summed E-state index contributed by atoms with van der Waals surface area (Å²) in [5.74, 6) is -9.88. The molecule has 0 unspecified atom stereocenters. The average Bonchev–Trinajstić information content (AvgIpc) is 2.44. The Bertz CT molecular complexity index is 688. The summed E-state index contributed by atoms with van der Waals surface area (Å²) >= 11 is 2.70. The lowest BCUT2D eigenvalue weighted by atomic mass is 10.2. The summed E-state index contributed by atoms with van der Waals surface area (Å²) in [6, 6.07) is 1.37. The molecular formula is C15H10BrF7O. The zero-order chi connectivity index (χ0) is 18.7. The van der Waals surface area contributed by atoms with Gasteiger partial charge in [0.25, 0.3) is 0 Å². The second kappa shape index (κ2) is 7.87. The number of ether oxygens (including phenoxy) is 1. The largest absolute Gasteiger partial charge is 0.432 e. The SMILES string of the molecule is CC.Fc1cc(OC(F)(F)c2c(F)cc(Br)cc2F)cc(F)c1F. The lowest BCUT2D eigenvalue weighted by Gasteiger charge is -2.19. The number of rotatable bonds is 3. The molecule has 0 saturated carbocycles. The van der Waals surface area contributed by atoms with Crippen molar-refractivity contribution in [1.82, 2.24) is 0 Å². The van der Waals surface area contributed by atoms with E-state index in [4.69, 9.17) is 0 Å². The van der Waals surface area contributed by atoms with E-state index in [9.17, 15) is 30.7 Å². The molecule has 0 atom stereocenters. The van der Waals surface area contributed by atoms with Gasteiger partial charge in [0.15, 0.2) is 17.5 Å². The molecule has 0 aromatic heterocycles. The number of alkyl halides is 2. The second-order valence-corrected chi connectivity index (χ2v) is 4.98. The molecule has 132 valence electrons. The van der Waals surface area contributed by atoms with Crippen molar-refractivity contribution in [2.45, 2.75) is 20.0 Å². The third-order valence-corrected chi connectivity index (χ3v) is 2.96. The molecule has 0 saturated heterocycles. The van der Waals surface area contributed by atoms with E-state index in [-0.39, 0.29) is 16.6 Å². The fraction of sp³-hybridized carbons (Fsp3) is 0.200. The van der Waals surface area contributed by atoms with E-state index in [2.05, 4.69) is 20.7 Å². The Hall–Kier alpha value is -1.77. The molecule has 24 heavy (non-hydrogen) atoms. The summed E-state index contributed by atoms with van der Waals surface area (Å²) in [4.78, 5) is 0. The lowest BCUT2D eigenvalue weighted by molar-refractivity contribution is -0.189. The maximum atomic E-state index is 13.8. The van der Waals surface area contributed by atoms with Crippen LogP contribution >= 0.6 is 15.9 Å². The summed E-state index contributed by atoms with van der Waals surface area (Å²) in [7, 11) is 0. The van der Waals surface area contributed by atoms with Gasteiger partial charge in [0.1, 0.15) is 22.9 Å². The highest BCUT2D eigenvalue weighted by molar-refractivity contribution is 9.10. The lowest BCUT2D eigenvalue weighted by Crippen LogP contribution is -2.25. The van der Waals surface area contributed by atoms with Gasteiger partial charge in [-0.1, -0.05) is 29.8 Å². The molecule has 0 radical (unpaired) electrons. The zero-order valence-electron chi connectivity index (χ0n) is 12.2. The number of hydrogen-bond donors (Lipinski definition) is 0. The maximum absolute atomic E-state index is 13.8. The number of benzene rings is 2. The highest BCUT2D eigenvalue weighted by atomic mass is 79.9. The van der Waals surface area contributed by atoms with Gasteiger partial charge in [-0.15, -0.1) is 0 Å². The van der Waals surface area contributed by atoms with Crippen molar-refractivity contribution in [3.05, 3.63) is 63.4 Å². The van der Waals surface area contributed by atoms with Crippen LogP contribution in [-0.4, -0.2) is 0 Å². The van der Waals surface area contributed by atoms with Crippen LogP contribution in [0.2, 0.25) is 0 Å². The fourth-order valence-electron chi connectivity index (χ4n) is 1.61. The van der Waals surface area contributed by atoms with Gasteiger partial charge >= 0.3 is 6.11 Å². The smallest absolute Gasteiger partial charge is 0.429 e. The topological polar surface area (TPSA) is 9.23 Å². The normalized spacial score (nSPS) is 10.9. The Morgan fingerprint density at radius 2 is 1.21 bits per heavy atom. The molecule has 0 fully saturated rings. The Balaban J connectivity index is 0.00000139. The summed E-state index contributed by atoms with van der Waals surface area (Å²) in [5, 5.41) is 0. The van der Waals surface area contributed by atoms with E-state index in [1.54, 1.807) is 0 Å². The predicted octanol–water partition coefficient (Wildman–Crippen LogP) is 6.30. The van der Waals surface area contributed by atoms with Gasteiger partial charge in [0, 0.05) is 16.6 Å². The second-order valence-electron chi connectivity index (χ2n) is 4.06. The Morgan fingerprint density at radius 3 is 1.62 bits per heavy atom. The first-order valence-corrected chi connectivity index (χ1v) is 7.27. The van der Waals surface area contributed by atoms with Crippen LogP contribution in [0.25, 0.3) is 0 Å². The maximum Gasteiger partial charge on any atom is 0.432 e. The number of hydrogen-bond acceptors (Lipinski definition) is 1. The van der Waals surface area contributed by atoms with E-state index in [1.807, 2.05) is 13.8 Å². The first kappa shape index (κ1) is 20.3. The third-order valence-electron chi connectivity index (χ3n) is 2.50. The molecule has 0 heterocycles. The van der Waals surface area contributed by atoms with Crippen molar-refractivity contribution >= 4 is 15.9 Å². The molecule has 1 nitrogen and oxygen atoms in total. The van der Waals surface area contributed by atoms with Crippen molar-refractivity contribution < 1.29 is 35.5 Å². The van der Waals surface area contributed by atoms with E-state index < -0.39 is 46.5 Å². The van der Waals surface area contributed by atoms with Crippen LogP contribution in [-0.2, 0) is 6.11 Å². The van der Waals surface area contributed by atoms with Gasteiger partial charge in [0.2, 0.25) is 0 Å². The first-order chi connectivity index (χ1) is 11.1. The monoisotopic (exact) mass is 418 g/mol. The van der Waals surface area contributed by atoms with E-state index >= 15 is 0 Å². The summed E-state index contributed by atoms with van der Waals surface area (Å²) in [5.41, 5.74) is -1.75. The fourth-order valence-corrected chi connectivity index (χ4v) is 2.01. The van der Waals surface area contributed by atoms with Gasteiger partial charge in [-0.25, -0.2) is 22.0 Å². The molecule has 2 rings (SSSR count). The van der Waals surface area contributed by atoms with Crippen molar-refractivity contribution in [3.8, 4) is 5.75 Å². The van der Waals surface area contributed by atoms with Crippen LogP contribution < -0.4 is 4.74 Å².